The van der Waals surface area contributed by atoms with Crippen LogP contribution in [0.4, 0.5) is 4.39 Å². The molecule has 0 saturated carbocycles. The molecular weight excluding hydrogens is 262 g/mol. The molecule has 1 aromatic heterocycles. The molecule has 0 amide bonds. The zero-order valence-corrected chi connectivity index (χ0v) is 11.3. The number of nitrogens with zero attached hydrogens (tertiary/aromatic N) is 2. The Morgan fingerprint density at radius 2 is 1.94 bits per heavy atom. The van der Waals surface area contributed by atoms with Crippen LogP contribution in [0.3, 0.4) is 0 Å². The van der Waals surface area contributed by atoms with Crippen LogP contribution >= 0.6 is 23.2 Å². The minimum absolute atomic E-state index is 0.0830. The number of halogens is 3. The Kier molecular flexibility index (Phi) is 3.32. The minimum Gasteiger partial charge on any atom is -0.324 e. The number of imidazole rings is 1. The predicted octanol–water partition coefficient (Wildman–Crippen LogP) is 4.71. The average Bonchev–Trinajstić information content (AvgIpc) is 2.57. The Balaban J connectivity index is 2.80. The molecule has 1 unspecified atom stereocenters. The van der Waals surface area contributed by atoms with Gasteiger partial charge in [0.1, 0.15) is 11.6 Å². The van der Waals surface area contributed by atoms with Gasteiger partial charge in [-0.3, -0.25) is 0 Å². The molecule has 0 fully saturated rings. The van der Waals surface area contributed by atoms with E-state index >= 15 is 0 Å². The normalized spacial score (nSPS) is 13.6. The summed E-state index contributed by atoms with van der Waals surface area (Å²) in [6, 6.07) is 3.11. The van der Waals surface area contributed by atoms with E-state index in [4.69, 9.17) is 23.2 Å². The van der Waals surface area contributed by atoms with Gasteiger partial charge in [0, 0.05) is 12.1 Å². The number of hydrogen-bond donors (Lipinski definition) is 0. The third-order valence-corrected chi connectivity index (χ3v) is 3.12. The van der Waals surface area contributed by atoms with E-state index in [9.17, 15) is 4.39 Å². The molecule has 92 valence electrons. The van der Waals surface area contributed by atoms with E-state index in [0.29, 0.717) is 5.52 Å². The van der Waals surface area contributed by atoms with Crippen LogP contribution in [-0.4, -0.2) is 9.55 Å². The van der Waals surface area contributed by atoms with Crippen molar-refractivity contribution in [3.05, 3.63) is 28.8 Å². The van der Waals surface area contributed by atoms with Crippen molar-refractivity contribution in [2.24, 2.45) is 0 Å². The van der Waals surface area contributed by atoms with Gasteiger partial charge in [-0.05, 0) is 26.8 Å². The van der Waals surface area contributed by atoms with E-state index in [1.54, 1.807) is 0 Å². The van der Waals surface area contributed by atoms with Crippen molar-refractivity contribution in [2.75, 3.05) is 0 Å². The van der Waals surface area contributed by atoms with Crippen LogP contribution in [0, 0.1) is 5.82 Å². The lowest BCUT2D eigenvalue weighted by atomic mass is 10.2. The summed E-state index contributed by atoms with van der Waals surface area (Å²) in [6.45, 7) is 5.87. The first-order valence-corrected chi connectivity index (χ1v) is 6.24. The van der Waals surface area contributed by atoms with Crippen LogP contribution in [0.1, 0.15) is 38.0 Å². The molecule has 17 heavy (non-hydrogen) atoms. The third kappa shape index (κ3) is 2.14. The smallest absolute Gasteiger partial charge is 0.144 e. The van der Waals surface area contributed by atoms with E-state index < -0.39 is 5.82 Å². The van der Waals surface area contributed by atoms with E-state index in [1.807, 2.05) is 25.3 Å². The molecule has 2 nitrogen and oxygen atoms in total. The van der Waals surface area contributed by atoms with Gasteiger partial charge in [0.15, 0.2) is 0 Å². The Bertz CT molecular complexity index is 561. The van der Waals surface area contributed by atoms with E-state index in [0.717, 1.165) is 11.3 Å². The van der Waals surface area contributed by atoms with Crippen LogP contribution in [0.5, 0.6) is 0 Å². The van der Waals surface area contributed by atoms with Crippen molar-refractivity contribution in [2.45, 2.75) is 32.2 Å². The highest BCUT2D eigenvalue weighted by atomic mass is 35.5. The molecule has 0 aliphatic carbocycles. The van der Waals surface area contributed by atoms with Gasteiger partial charge in [-0.25, -0.2) is 9.37 Å². The summed E-state index contributed by atoms with van der Waals surface area (Å²) in [6.07, 6.45) is 0. The summed E-state index contributed by atoms with van der Waals surface area (Å²) in [4.78, 5) is 4.42. The number of aromatic nitrogens is 2. The maximum Gasteiger partial charge on any atom is 0.144 e. The van der Waals surface area contributed by atoms with Gasteiger partial charge in [-0.1, -0.05) is 11.6 Å². The lowest BCUT2D eigenvalue weighted by molar-refractivity contribution is 0.581. The van der Waals surface area contributed by atoms with E-state index in [2.05, 4.69) is 4.98 Å². The average molecular weight is 275 g/mol. The standard InChI is InChI=1S/C12H13Cl2FN2/c1-6(2)17-11-5-9(15)8(14)4-10(11)16-12(17)7(3)13/h4-7H,1-3H3. The van der Waals surface area contributed by atoms with Gasteiger partial charge < -0.3 is 4.57 Å². The summed E-state index contributed by atoms with van der Waals surface area (Å²) < 4.78 is 15.4. The molecule has 1 atom stereocenters. The highest BCUT2D eigenvalue weighted by Gasteiger charge is 2.18. The molecule has 0 saturated heterocycles. The van der Waals surface area contributed by atoms with Gasteiger partial charge in [-0.15, -0.1) is 11.6 Å². The Labute approximate surface area is 109 Å². The highest BCUT2D eigenvalue weighted by Crippen LogP contribution is 2.30. The van der Waals surface area contributed by atoms with Gasteiger partial charge >= 0.3 is 0 Å². The molecule has 1 heterocycles. The zero-order valence-electron chi connectivity index (χ0n) is 9.84. The molecule has 0 radical (unpaired) electrons. The minimum atomic E-state index is -0.435. The third-order valence-electron chi connectivity index (χ3n) is 2.63. The molecule has 2 aromatic rings. The van der Waals surface area contributed by atoms with Crippen molar-refractivity contribution < 1.29 is 4.39 Å². The molecular formula is C12H13Cl2FN2. The van der Waals surface area contributed by atoms with Crippen LogP contribution in [-0.2, 0) is 0 Å². The fourth-order valence-corrected chi connectivity index (χ4v) is 2.24. The summed E-state index contributed by atoms with van der Waals surface area (Å²) >= 11 is 11.8. The summed E-state index contributed by atoms with van der Waals surface area (Å²) in [5, 5.41) is -0.147. The van der Waals surface area contributed by atoms with Crippen LogP contribution < -0.4 is 0 Å². The molecule has 0 spiro atoms. The van der Waals surface area contributed by atoms with Crippen LogP contribution in [0.15, 0.2) is 12.1 Å². The van der Waals surface area contributed by atoms with Crippen molar-refractivity contribution >= 4 is 34.2 Å². The quantitative estimate of drug-likeness (QED) is 0.726. The number of rotatable bonds is 2. The first-order chi connectivity index (χ1) is 7.91. The summed E-state index contributed by atoms with van der Waals surface area (Å²) in [5.74, 6) is 0.299. The van der Waals surface area contributed by atoms with Crippen LogP contribution in [0.2, 0.25) is 5.02 Å². The molecule has 2 rings (SSSR count). The van der Waals surface area contributed by atoms with Gasteiger partial charge in [0.25, 0.3) is 0 Å². The molecule has 0 bridgehead atoms. The number of benzene rings is 1. The van der Waals surface area contributed by atoms with Gasteiger partial charge in [0.05, 0.1) is 21.4 Å². The van der Waals surface area contributed by atoms with Crippen molar-refractivity contribution in [3.63, 3.8) is 0 Å². The monoisotopic (exact) mass is 274 g/mol. The Hall–Kier alpha value is -0.800. The fraction of sp³-hybridized carbons (Fsp3) is 0.417. The molecule has 5 heteroatoms. The van der Waals surface area contributed by atoms with Crippen LogP contribution in [0.25, 0.3) is 11.0 Å². The number of fused-ring (bicyclic) bond motifs is 1. The predicted molar refractivity (Wildman–Crippen MR) is 69.4 cm³/mol. The molecule has 0 aliphatic heterocycles. The van der Waals surface area contributed by atoms with E-state index in [-0.39, 0.29) is 16.4 Å². The van der Waals surface area contributed by atoms with Gasteiger partial charge in [0.2, 0.25) is 0 Å². The second kappa shape index (κ2) is 4.46. The first-order valence-electron chi connectivity index (χ1n) is 5.42. The van der Waals surface area contributed by atoms with E-state index in [1.165, 1.54) is 12.1 Å². The first kappa shape index (κ1) is 12.7. The lowest BCUT2D eigenvalue weighted by Gasteiger charge is -2.14. The van der Waals surface area contributed by atoms with Gasteiger partial charge in [-0.2, -0.15) is 0 Å². The van der Waals surface area contributed by atoms with Crippen molar-refractivity contribution in [3.8, 4) is 0 Å². The highest BCUT2D eigenvalue weighted by molar-refractivity contribution is 6.31. The second-order valence-electron chi connectivity index (χ2n) is 4.30. The molecule has 1 aromatic carbocycles. The summed E-state index contributed by atoms with van der Waals surface area (Å²) in [7, 11) is 0. The number of alkyl halides is 1. The fourth-order valence-electron chi connectivity index (χ4n) is 1.93. The largest absolute Gasteiger partial charge is 0.324 e. The Morgan fingerprint density at radius 1 is 1.29 bits per heavy atom. The zero-order chi connectivity index (χ0) is 12.7. The topological polar surface area (TPSA) is 17.8 Å². The maximum absolute atomic E-state index is 13.5. The number of hydrogen-bond acceptors (Lipinski definition) is 1. The second-order valence-corrected chi connectivity index (χ2v) is 5.37. The summed E-state index contributed by atoms with van der Waals surface area (Å²) in [5.41, 5.74) is 1.40. The van der Waals surface area contributed by atoms with Crippen molar-refractivity contribution in [1.29, 1.82) is 0 Å². The lowest BCUT2D eigenvalue weighted by Crippen LogP contribution is -2.06. The molecule has 0 aliphatic rings. The SMILES string of the molecule is CC(Cl)c1nc2cc(Cl)c(F)cc2n1C(C)C. The Morgan fingerprint density at radius 3 is 2.47 bits per heavy atom. The molecule has 0 N–H and O–H groups in total. The van der Waals surface area contributed by atoms with Crippen molar-refractivity contribution in [1.82, 2.24) is 9.55 Å². The maximum atomic E-state index is 13.5.